The van der Waals surface area contributed by atoms with Crippen molar-refractivity contribution < 1.29 is 19.4 Å². The Bertz CT molecular complexity index is 465. The average molecular weight is 263 g/mol. The van der Waals surface area contributed by atoms with Crippen molar-refractivity contribution in [2.24, 2.45) is 0 Å². The Balaban J connectivity index is 2.59. The molecule has 0 fully saturated rings. The predicted octanol–water partition coefficient (Wildman–Crippen LogP) is 1.69. The van der Waals surface area contributed by atoms with E-state index < -0.39 is 17.9 Å². The van der Waals surface area contributed by atoms with Gasteiger partial charge in [0.15, 0.2) is 0 Å². The van der Waals surface area contributed by atoms with E-state index in [1.54, 1.807) is 44.4 Å². The van der Waals surface area contributed by atoms with Crippen LogP contribution >= 0.6 is 0 Å². The number of carbonyl (C=O) groups is 2. The molecule has 0 aromatic heterocycles. The molecule has 0 radical (unpaired) electrons. The van der Waals surface area contributed by atoms with Crippen LogP contribution in [0.25, 0.3) is 6.08 Å². The van der Waals surface area contributed by atoms with Crippen molar-refractivity contribution in [2.45, 2.75) is 19.4 Å². The molecule has 0 aliphatic rings. The molecule has 0 bridgehead atoms. The van der Waals surface area contributed by atoms with Crippen molar-refractivity contribution >= 4 is 18.0 Å². The smallest absolute Gasteiger partial charge is 0.326 e. The highest BCUT2D eigenvalue weighted by Gasteiger charge is 2.15. The molecule has 0 saturated heterocycles. The molecule has 0 aliphatic carbocycles. The minimum absolute atomic E-state index is 0.345. The van der Waals surface area contributed by atoms with Crippen molar-refractivity contribution in [3.8, 4) is 5.75 Å². The lowest BCUT2D eigenvalue weighted by atomic mass is 10.2. The lowest BCUT2D eigenvalue weighted by Gasteiger charge is -2.09. The van der Waals surface area contributed by atoms with Gasteiger partial charge < -0.3 is 15.2 Å². The van der Waals surface area contributed by atoms with Gasteiger partial charge in [0.1, 0.15) is 11.8 Å². The summed E-state index contributed by atoms with van der Waals surface area (Å²) in [5.41, 5.74) is 0.833. The highest BCUT2D eigenvalue weighted by Crippen LogP contribution is 2.12. The molecular formula is C14H17NO4. The van der Waals surface area contributed by atoms with Crippen LogP contribution in [0, 0.1) is 0 Å². The molecule has 1 amide bonds. The number of methoxy groups -OCH3 is 1. The molecule has 1 aromatic rings. The van der Waals surface area contributed by atoms with E-state index in [2.05, 4.69) is 5.32 Å². The van der Waals surface area contributed by atoms with Gasteiger partial charge in [0.2, 0.25) is 5.91 Å². The third kappa shape index (κ3) is 4.83. The van der Waals surface area contributed by atoms with E-state index >= 15 is 0 Å². The predicted molar refractivity (Wildman–Crippen MR) is 71.9 cm³/mol. The summed E-state index contributed by atoms with van der Waals surface area (Å²) in [6.07, 6.45) is 3.27. The summed E-state index contributed by atoms with van der Waals surface area (Å²) in [7, 11) is 1.58. The van der Waals surface area contributed by atoms with Crippen LogP contribution in [-0.2, 0) is 9.59 Å². The number of benzene rings is 1. The lowest BCUT2D eigenvalue weighted by Crippen LogP contribution is -2.39. The van der Waals surface area contributed by atoms with Crippen LogP contribution in [0.3, 0.4) is 0 Å². The van der Waals surface area contributed by atoms with Gasteiger partial charge in [-0.25, -0.2) is 4.79 Å². The Labute approximate surface area is 111 Å². The van der Waals surface area contributed by atoms with E-state index in [4.69, 9.17) is 9.84 Å². The molecular weight excluding hydrogens is 246 g/mol. The fourth-order valence-electron chi connectivity index (χ4n) is 1.45. The van der Waals surface area contributed by atoms with Gasteiger partial charge in [-0.1, -0.05) is 19.1 Å². The maximum Gasteiger partial charge on any atom is 0.326 e. The van der Waals surface area contributed by atoms with Gasteiger partial charge in [-0.3, -0.25) is 4.79 Å². The molecule has 2 N–H and O–H groups in total. The zero-order chi connectivity index (χ0) is 14.3. The fourth-order valence-corrected chi connectivity index (χ4v) is 1.45. The van der Waals surface area contributed by atoms with E-state index in [1.807, 2.05) is 0 Å². The molecule has 0 unspecified atom stereocenters. The first kappa shape index (κ1) is 14.8. The number of rotatable bonds is 6. The summed E-state index contributed by atoms with van der Waals surface area (Å²) in [5.74, 6) is -0.725. The average Bonchev–Trinajstić information content (AvgIpc) is 2.42. The Morgan fingerprint density at radius 3 is 2.47 bits per heavy atom. The summed E-state index contributed by atoms with van der Waals surface area (Å²) >= 11 is 0. The number of aliphatic carboxylic acids is 1. The number of hydrogen-bond donors (Lipinski definition) is 2. The first-order valence-corrected chi connectivity index (χ1v) is 5.92. The van der Waals surface area contributed by atoms with Gasteiger partial charge in [0.05, 0.1) is 7.11 Å². The first-order chi connectivity index (χ1) is 9.06. The molecule has 1 aromatic carbocycles. The van der Waals surface area contributed by atoms with Gasteiger partial charge in [0.25, 0.3) is 0 Å². The van der Waals surface area contributed by atoms with Crippen LogP contribution in [-0.4, -0.2) is 30.1 Å². The monoisotopic (exact) mass is 263 g/mol. The number of carboxylic acids is 1. The standard InChI is InChI=1S/C14H17NO4/c1-3-12(14(17)18)15-13(16)9-6-10-4-7-11(19-2)8-5-10/h4-9,12H,3H2,1-2H3,(H,15,16)(H,17,18)/t12-/m1/s1. The summed E-state index contributed by atoms with van der Waals surface area (Å²) in [6, 6.07) is 6.31. The van der Waals surface area contributed by atoms with Crippen LogP contribution in [0.5, 0.6) is 5.75 Å². The van der Waals surface area contributed by atoms with Crippen molar-refractivity contribution in [2.75, 3.05) is 7.11 Å². The van der Waals surface area contributed by atoms with E-state index in [9.17, 15) is 9.59 Å². The van der Waals surface area contributed by atoms with Crippen molar-refractivity contribution in [3.05, 3.63) is 35.9 Å². The molecule has 19 heavy (non-hydrogen) atoms. The van der Waals surface area contributed by atoms with Gasteiger partial charge in [-0.2, -0.15) is 0 Å². The van der Waals surface area contributed by atoms with Crippen molar-refractivity contribution in [1.82, 2.24) is 5.32 Å². The Morgan fingerprint density at radius 1 is 1.37 bits per heavy atom. The molecule has 0 spiro atoms. The van der Waals surface area contributed by atoms with Crippen molar-refractivity contribution in [1.29, 1.82) is 0 Å². The summed E-state index contributed by atoms with van der Waals surface area (Å²) in [4.78, 5) is 22.3. The minimum Gasteiger partial charge on any atom is -0.497 e. The number of hydrogen-bond acceptors (Lipinski definition) is 3. The second-order valence-electron chi connectivity index (χ2n) is 3.91. The topological polar surface area (TPSA) is 75.6 Å². The largest absolute Gasteiger partial charge is 0.497 e. The summed E-state index contributed by atoms with van der Waals surface area (Å²) in [6.45, 7) is 1.70. The zero-order valence-electron chi connectivity index (χ0n) is 10.9. The number of amides is 1. The second-order valence-corrected chi connectivity index (χ2v) is 3.91. The van der Waals surface area contributed by atoms with E-state index in [0.29, 0.717) is 6.42 Å². The van der Waals surface area contributed by atoms with Gasteiger partial charge in [0, 0.05) is 6.08 Å². The van der Waals surface area contributed by atoms with Gasteiger partial charge in [-0.05, 0) is 30.2 Å². The quantitative estimate of drug-likeness (QED) is 0.766. The fraction of sp³-hybridized carbons (Fsp3) is 0.286. The normalized spacial score (nSPS) is 12.1. The van der Waals surface area contributed by atoms with Crippen LogP contribution in [0.1, 0.15) is 18.9 Å². The highest BCUT2D eigenvalue weighted by atomic mass is 16.5. The third-order valence-electron chi connectivity index (χ3n) is 2.57. The Hall–Kier alpha value is -2.30. The summed E-state index contributed by atoms with van der Waals surface area (Å²) < 4.78 is 5.02. The van der Waals surface area contributed by atoms with E-state index in [-0.39, 0.29) is 0 Å². The molecule has 102 valence electrons. The number of ether oxygens (including phenoxy) is 1. The van der Waals surface area contributed by atoms with E-state index in [1.165, 1.54) is 6.08 Å². The maximum absolute atomic E-state index is 11.5. The molecule has 5 heteroatoms. The number of carbonyl (C=O) groups excluding carboxylic acids is 1. The van der Waals surface area contributed by atoms with Crippen LogP contribution in [0.15, 0.2) is 30.3 Å². The molecule has 0 saturated carbocycles. The van der Waals surface area contributed by atoms with E-state index in [0.717, 1.165) is 11.3 Å². The minimum atomic E-state index is -1.03. The summed E-state index contributed by atoms with van der Waals surface area (Å²) in [5, 5.41) is 11.2. The molecule has 0 aliphatic heterocycles. The van der Waals surface area contributed by atoms with Crippen LogP contribution < -0.4 is 10.1 Å². The number of carboxylic acid groups (broad SMARTS) is 1. The highest BCUT2D eigenvalue weighted by molar-refractivity contribution is 5.94. The Morgan fingerprint density at radius 2 is 2.00 bits per heavy atom. The Kier molecular flexibility index (Phi) is 5.60. The zero-order valence-corrected chi connectivity index (χ0v) is 10.9. The van der Waals surface area contributed by atoms with Crippen LogP contribution in [0.2, 0.25) is 0 Å². The second kappa shape index (κ2) is 7.20. The molecule has 1 atom stereocenters. The number of nitrogens with one attached hydrogen (secondary N) is 1. The van der Waals surface area contributed by atoms with Crippen molar-refractivity contribution in [3.63, 3.8) is 0 Å². The van der Waals surface area contributed by atoms with Crippen LogP contribution in [0.4, 0.5) is 0 Å². The third-order valence-corrected chi connectivity index (χ3v) is 2.57. The first-order valence-electron chi connectivity index (χ1n) is 5.92. The molecule has 1 rings (SSSR count). The SMILES string of the molecule is CC[C@@H](NC(=O)C=Cc1ccc(OC)cc1)C(=O)O. The molecule has 5 nitrogen and oxygen atoms in total. The van der Waals surface area contributed by atoms with Gasteiger partial charge >= 0.3 is 5.97 Å². The maximum atomic E-state index is 11.5. The van der Waals surface area contributed by atoms with Gasteiger partial charge in [-0.15, -0.1) is 0 Å². The molecule has 0 heterocycles. The lowest BCUT2D eigenvalue weighted by molar-refractivity contribution is -0.141.